The minimum atomic E-state index is 0.613. The Kier molecular flexibility index (Phi) is 10.1. The van der Waals surface area contributed by atoms with Gasteiger partial charge in [-0.15, -0.1) is 0 Å². The van der Waals surface area contributed by atoms with Crippen LogP contribution in [0.3, 0.4) is 0 Å². The second-order valence-electron chi connectivity index (χ2n) is 19.6. The lowest BCUT2D eigenvalue weighted by atomic mass is 9.93. The van der Waals surface area contributed by atoms with E-state index in [-0.39, 0.29) is 0 Å². The van der Waals surface area contributed by atoms with E-state index < -0.39 is 0 Å². The molecule has 0 saturated heterocycles. The van der Waals surface area contributed by atoms with E-state index in [0.29, 0.717) is 17.5 Å². The van der Waals surface area contributed by atoms with Crippen LogP contribution in [-0.4, -0.2) is 24.1 Å². The Bertz CT molecular complexity index is 4650. The molecule has 0 unspecified atom stereocenters. The van der Waals surface area contributed by atoms with Crippen LogP contribution in [0, 0.1) is 0 Å². The maximum atomic E-state index is 5.30. The first-order valence-corrected chi connectivity index (χ1v) is 25.8. The number of aromatic nitrogens is 5. The fourth-order valence-electron chi connectivity index (χ4n) is 11.4. The lowest BCUT2D eigenvalue weighted by Crippen LogP contribution is -2.00. The van der Waals surface area contributed by atoms with Crippen molar-refractivity contribution in [2.24, 2.45) is 0 Å². The molecule has 15 rings (SSSR count). The average molecular weight is 968 g/mol. The Morgan fingerprint density at radius 3 is 1.18 bits per heavy atom. The molecule has 0 aliphatic rings. The molecule has 0 amide bonds. The lowest BCUT2D eigenvalue weighted by molar-refractivity contribution is 1.07. The molecule has 3 heterocycles. The molecule has 76 heavy (non-hydrogen) atoms. The van der Waals surface area contributed by atoms with Crippen LogP contribution in [0.5, 0.6) is 0 Å². The number of fused-ring (bicyclic) bond motifs is 8. The van der Waals surface area contributed by atoms with Gasteiger partial charge in [-0.1, -0.05) is 200 Å². The largest absolute Gasteiger partial charge is 0.309 e. The highest BCUT2D eigenvalue weighted by molar-refractivity contribution is 6.11. The Morgan fingerprint density at radius 2 is 0.618 bits per heavy atom. The number of hydrogen-bond donors (Lipinski definition) is 0. The molecule has 354 valence electrons. The normalized spacial score (nSPS) is 11.7. The molecule has 0 radical (unpaired) electrons. The predicted molar refractivity (Wildman–Crippen MR) is 316 cm³/mol. The average Bonchev–Trinajstić information content (AvgIpc) is 4.10. The quantitative estimate of drug-likeness (QED) is 0.152. The third-order valence-corrected chi connectivity index (χ3v) is 15.1. The van der Waals surface area contributed by atoms with Crippen molar-refractivity contribution in [1.29, 1.82) is 0 Å². The van der Waals surface area contributed by atoms with Gasteiger partial charge >= 0.3 is 0 Å². The molecule has 0 N–H and O–H groups in total. The Morgan fingerprint density at radius 1 is 0.224 bits per heavy atom. The first kappa shape index (κ1) is 43.4. The van der Waals surface area contributed by atoms with E-state index in [0.717, 1.165) is 71.9 Å². The van der Waals surface area contributed by atoms with Crippen molar-refractivity contribution in [2.45, 2.75) is 0 Å². The van der Waals surface area contributed by atoms with Crippen LogP contribution < -0.4 is 0 Å². The molecule has 5 heteroatoms. The molecule has 0 atom stereocenters. The number of rotatable bonds is 8. The van der Waals surface area contributed by atoms with Crippen LogP contribution in [0.25, 0.3) is 144 Å². The summed E-state index contributed by atoms with van der Waals surface area (Å²) in [5.41, 5.74) is 16.6. The van der Waals surface area contributed by atoms with Crippen LogP contribution in [0.15, 0.2) is 273 Å². The molecule has 5 nitrogen and oxygen atoms in total. The standard InChI is InChI=1S/C71H45N5/c1-3-16-46(17-4-1)50-20-15-21-51(40-50)52-37-39-68(76-66-28-13-9-24-61(66)62-25-10-14-29-67(62)76)63(45-52)53-33-30-47-31-34-54(42-56(47)41-53)70-72-69(49-18-5-2-6-19-49)73-71(74-70)55-35-32-48-36-38-58(44-57(48)43-55)75-64-26-11-7-22-59(64)60-23-8-12-27-65(60)75/h1-45H. The summed E-state index contributed by atoms with van der Waals surface area (Å²) in [6.07, 6.45) is 0. The zero-order valence-electron chi connectivity index (χ0n) is 41.2. The fourth-order valence-corrected chi connectivity index (χ4v) is 11.4. The van der Waals surface area contributed by atoms with Gasteiger partial charge in [-0.05, 0) is 122 Å². The molecule has 3 aromatic heterocycles. The zero-order valence-corrected chi connectivity index (χ0v) is 41.2. The van der Waals surface area contributed by atoms with Gasteiger partial charge in [-0.3, -0.25) is 0 Å². The molecule has 0 saturated carbocycles. The molecule has 0 bridgehead atoms. The number of benzene rings is 12. The molecular weight excluding hydrogens is 923 g/mol. The van der Waals surface area contributed by atoms with Gasteiger partial charge in [0, 0.05) is 49.5 Å². The van der Waals surface area contributed by atoms with Crippen molar-refractivity contribution in [2.75, 3.05) is 0 Å². The molecular formula is C71H45N5. The van der Waals surface area contributed by atoms with Gasteiger partial charge in [0.15, 0.2) is 17.5 Å². The van der Waals surface area contributed by atoms with Crippen molar-refractivity contribution in [3.63, 3.8) is 0 Å². The third-order valence-electron chi connectivity index (χ3n) is 15.1. The van der Waals surface area contributed by atoms with Gasteiger partial charge in [0.05, 0.1) is 27.8 Å². The first-order valence-electron chi connectivity index (χ1n) is 25.8. The molecule has 15 aromatic rings. The summed E-state index contributed by atoms with van der Waals surface area (Å²) in [6, 6.07) is 98.0. The summed E-state index contributed by atoms with van der Waals surface area (Å²) in [4.78, 5) is 15.7. The molecule has 0 aliphatic carbocycles. The number of hydrogen-bond acceptors (Lipinski definition) is 3. The van der Waals surface area contributed by atoms with E-state index in [1.54, 1.807) is 0 Å². The van der Waals surface area contributed by atoms with Gasteiger partial charge in [-0.25, -0.2) is 15.0 Å². The van der Waals surface area contributed by atoms with Crippen molar-refractivity contribution < 1.29 is 0 Å². The number of nitrogens with zero attached hydrogens (tertiary/aromatic N) is 5. The summed E-state index contributed by atoms with van der Waals surface area (Å²) >= 11 is 0. The van der Waals surface area contributed by atoms with Gasteiger partial charge in [-0.2, -0.15) is 0 Å². The van der Waals surface area contributed by atoms with E-state index >= 15 is 0 Å². The summed E-state index contributed by atoms with van der Waals surface area (Å²) in [7, 11) is 0. The fraction of sp³-hybridized carbons (Fsp3) is 0. The minimum absolute atomic E-state index is 0.613. The summed E-state index contributed by atoms with van der Waals surface area (Å²) in [6.45, 7) is 0. The highest BCUT2D eigenvalue weighted by Gasteiger charge is 2.19. The van der Waals surface area contributed by atoms with Crippen LogP contribution in [0.2, 0.25) is 0 Å². The maximum Gasteiger partial charge on any atom is 0.164 e. The second-order valence-corrected chi connectivity index (χ2v) is 19.6. The van der Waals surface area contributed by atoms with Crippen molar-refractivity contribution in [1.82, 2.24) is 24.1 Å². The van der Waals surface area contributed by atoms with E-state index in [1.807, 2.05) is 18.2 Å². The SMILES string of the molecule is c1ccc(-c2cccc(-c3ccc(-n4c5ccccc5c5ccccc54)c(-c4ccc5ccc(-c6nc(-c7ccccc7)nc(-c7ccc8ccc(-n9c%10ccccc%10c%10ccccc%109)cc8c7)n6)cc5c4)c3)c2)cc1. The second kappa shape index (κ2) is 17.8. The third kappa shape index (κ3) is 7.36. The summed E-state index contributed by atoms with van der Waals surface area (Å²) in [5, 5.41) is 9.40. The van der Waals surface area contributed by atoms with Gasteiger partial charge in [0.25, 0.3) is 0 Å². The van der Waals surface area contributed by atoms with Gasteiger partial charge in [0.2, 0.25) is 0 Å². The highest BCUT2D eigenvalue weighted by Crippen LogP contribution is 2.41. The lowest BCUT2D eigenvalue weighted by Gasteiger charge is -2.17. The van der Waals surface area contributed by atoms with Crippen molar-refractivity contribution >= 4 is 65.2 Å². The molecule has 0 fully saturated rings. The predicted octanol–water partition coefficient (Wildman–Crippen LogP) is 18.4. The summed E-state index contributed by atoms with van der Waals surface area (Å²) < 4.78 is 4.80. The molecule has 12 aromatic carbocycles. The zero-order chi connectivity index (χ0) is 50.1. The monoisotopic (exact) mass is 967 g/mol. The maximum absolute atomic E-state index is 5.30. The van der Waals surface area contributed by atoms with Crippen LogP contribution in [-0.2, 0) is 0 Å². The van der Waals surface area contributed by atoms with E-state index in [2.05, 4.69) is 264 Å². The van der Waals surface area contributed by atoms with Gasteiger partial charge < -0.3 is 9.13 Å². The molecule has 0 aliphatic heterocycles. The van der Waals surface area contributed by atoms with Crippen molar-refractivity contribution in [3.8, 4) is 78.9 Å². The topological polar surface area (TPSA) is 48.5 Å². The Balaban J connectivity index is 0.874. The Labute approximate surface area is 438 Å². The molecule has 0 spiro atoms. The van der Waals surface area contributed by atoms with Gasteiger partial charge in [0.1, 0.15) is 0 Å². The first-order chi connectivity index (χ1) is 37.6. The van der Waals surface area contributed by atoms with Crippen LogP contribution >= 0.6 is 0 Å². The van der Waals surface area contributed by atoms with Crippen LogP contribution in [0.1, 0.15) is 0 Å². The smallest absolute Gasteiger partial charge is 0.164 e. The summed E-state index contributed by atoms with van der Waals surface area (Å²) in [5.74, 6) is 1.85. The van der Waals surface area contributed by atoms with E-state index in [9.17, 15) is 0 Å². The Hall–Kier alpha value is -10.2. The number of para-hydroxylation sites is 4. The van der Waals surface area contributed by atoms with Crippen molar-refractivity contribution in [3.05, 3.63) is 273 Å². The minimum Gasteiger partial charge on any atom is -0.309 e. The van der Waals surface area contributed by atoms with Crippen LogP contribution in [0.4, 0.5) is 0 Å². The highest BCUT2D eigenvalue weighted by atomic mass is 15.0. The van der Waals surface area contributed by atoms with E-state index in [1.165, 1.54) is 54.7 Å². The van der Waals surface area contributed by atoms with E-state index in [4.69, 9.17) is 15.0 Å².